The Labute approximate surface area is 118 Å². The molecule has 0 aromatic carbocycles. The van der Waals surface area contributed by atoms with E-state index < -0.39 is 0 Å². The highest BCUT2D eigenvalue weighted by Crippen LogP contribution is 2.13. The summed E-state index contributed by atoms with van der Waals surface area (Å²) >= 11 is 0. The normalized spacial score (nSPS) is 18.1. The van der Waals surface area contributed by atoms with Crippen LogP contribution in [-0.2, 0) is 4.74 Å². The molecule has 0 aliphatic carbocycles. The highest BCUT2D eigenvalue weighted by atomic mass is 16.5. The molecule has 2 heterocycles. The smallest absolute Gasteiger partial charge is 0.255 e. The van der Waals surface area contributed by atoms with Gasteiger partial charge < -0.3 is 20.1 Å². The van der Waals surface area contributed by atoms with Crippen LogP contribution in [0.15, 0.2) is 18.5 Å². The van der Waals surface area contributed by atoms with Crippen LogP contribution in [0.25, 0.3) is 0 Å². The Morgan fingerprint density at radius 3 is 3.10 bits per heavy atom. The van der Waals surface area contributed by atoms with Gasteiger partial charge in [0.05, 0.1) is 18.4 Å². The fourth-order valence-corrected chi connectivity index (χ4v) is 2.38. The Morgan fingerprint density at radius 1 is 1.60 bits per heavy atom. The van der Waals surface area contributed by atoms with Gasteiger partial charge in [-0.05, 0) is 25.5 Å². The third kappa shape index (κ3) is 3.91. The highest BCUT2D eigenvalue weighted by Gasteiger charge is 2.22. The molecular weight excluding hydrogens is 258 g/mol. The molecule has 2 N–H and O–H groups in total. The summed E-state index contributed by atoms with van der Waals surface area (Å²) in [6, 6.07) is 1.78. The average molecular weight is 279 g/mol. The second-order valence-corrected chi connectivity index (χ2v) is 4.97. The summed E-state index contributed by atoms with van der Waals surface area (Å²) < 4.78 is 5.07. The first-order chi connectivity index (χ1) is 9.70. The number of methoxy groups -OCH3 is 1. The standard InChI is InChI=1S/C14H21N3O3/c1-20-6-5-17(10-12-3-2-4-16-12)14(19)11-7-13(18)9-15-8-11/h7-9,12,16,18H,2-6,10H2,1H3. The van der Waals surface area contributed by atoms with Gasteiger partial charge in [0, 0.05) is 32.4 Å². The van der Waals surface area contributed by atoms with Gasteiger partial charge in [-0.3, -0.25) is 9.78 Å². The number of rotatable bonds is 6. The largest absolute Gasteiger partial charge is 0.506 e. The highest BCUT2D eigenvalue weighted by molar-refractivity contribution is 5.94. The number of aromatic nitrogens is 1. The quantitative estimate of drug-likeness (QED) is 0.799. The summed E-state index contributed by atoms with van der Waals surface area (Å²) in [6.45, 7) is 2.68. The van der Waals surface area contributed by atoms with E-state index in [0.29, 0.717) is 31.3 Å². The van der Waals surface area contributed by atoms with Crippen LogP contribution in [0.4, 0.5) is 0 Å². The molecule has 0 saturated carbocycles. The fraction of sp³-hybridized carbons (Fsp3) is 0.571. The maximum atomic E-state index is 12.5. The molecule has 6 heteroatoms. The molecule has 1 aromatic rings. The van der Waals surface area contributed by atoms with E-state index in [0.717, 1.165) is 19.4 Å². The molecule has 110 valence electrons. The summed E-state index contributed by atoms with van der Waals surface area (Å²) in [4.78, 5) is 18.1. The maximum absolute atomic E-state index is 12.5. The summed E-state index contributed by atoms with van der Waals surface area (Å²) in [5.41, 5.74) is 0.402. The number of ether oxygens (including phenoxy) is 1. The van der Waals surface area contributed by atoms with E-state index in [2.05, 4.69) is 10.3 Å². The van der Waals surface area contributed by atoms with Crippen molar-refractivity contribution in [3.05, 3.63) is 24.0 Å². The van der Waals surface area contributed by atoms with E-state index in [1.165, 1.54) is 18.5 Å². The number of hydrogen-bond donors (Lipinski definition) is 2. The molecule has 0 radical (unpaired) electrons. The Kier molecular flexibility index (Phi) is 5.31. The van der Waals surface area contributed by atoms with Crippen LogP contribution in [-0.4, -0.2) is 60.3 Å². The Balaban J connectivity index is 2.05. The van der Waals surface area contributed by atoms with E-state index in [-0.39, 0.29) is 11.7 Å². The molecule has 0 spiro atoms. The van der Waals surface area contributed by atoms with Gasteiger partial charge in [0.2, 0.25) is 0 Å². The van der Waals surface area contributed by atoms with Crippen molar-refractivity contribution in [1.82, 2.24) is 15.2 Å². The number of hydrogen-bond acceptors (Lipinski definition) is 5. The molecule has 1 aromatic heterocycles. The number of pyridine rings is 1. The van der Waals surface area contributed by atoms with Crippen LogP contribution in [0.1, 0.15) is 23.2 Å². The number of nitrogens with one attached hydrogen (secondary N) is 1. The average Bonchev–Trinajstić information content (AvgIpc) is 2.95. The van der Waals surface area contributed by atoms with Gasteiger partial charge in [-0.1, -0.05) is 0 Å². The van der Waals surface area contributed by atoms with E-state index >= 15 is 0 Å². The molecule has 1 unspecified atom stereocenters. The molecule has 0 bridgehead atoms. The zero-order valence-corrected chi connectivity index (χ0v) is 11.7. The maximum Gasteiger partial charge on any atom is 0.255 e. The van der Waals surface area contributed by atoms with Gasteiger partial charge in [0.1, 0.15) is 5.75 Å². The van der Waals surface area contributed by atoms with Gasteiger partial charge in [0.25, 0.3) is 5.91 Å². The second kappa shape index (κ2) is 7.21. The van der Waals surface area contributed by atoms with Crippen molar-refractivity contribution in [3.8, 4) is 5.75 Å². The van der Waals surface area contributed by atoms with Crippen molar-refractivity contribution in [1.29, 1.82) is 0 Å². The number of aromatic hydroxyl groups is 1. The van der Waals surface area contributed by atoms with Crippen molar-refractivity contribution < 1.29 is 14.6 Å². The zero-order valence-electron chi connectivity index (χ0n) is 11.7. The zero-order chi connectivity index (χ0) is 14.4. The molecule has 1 fully saturated rings. The van der Waals surface area contributed by atoms with E-state index in [4.69, 9.17) is 4.74 Å². The lowest BCUT2D eigenvalue weighted by atomic mass is 10.2. The van der Waals surface area contributed by atoms with Gasteiger partial charge in [-0.15, -0.1) is 0 Å². The first kappa shape index (κ1) is 14.7. The molecule has 1 aliphatic rings. The van der Waals surface area contributed by atoms with Crippen LogP contribution in [0.2, 0.25) is 0 Å². The van der Waals surface area contributed by atoms with Crippen molar-refractivity contribution in [2.45, 2.75) is 18.9 Å². The van der Waals surface area contributed by atoms with Crippen LogP contribution in [0.3, 0.4) is 0 Å². The molecule has 1 saturated heterocycles. The summed E-state index contributed by atoms with van der Waals surface area (Å²) in [5, 5.41) is 12.8. The number of carbonyl (C=O) groups excluding carboxylic acids is 1. The minimum Gasteiger partial charge on any atom is -0.506 e. The van der Waals surface area contributed by atoms with E-state index in [9.17, 15) is 9.90 Å². The van der Waals surface area contributed by atoms with Crippen LogP contribution < -0.4 is 5.32 Å². The number of carbonyl (C=O) groups is 1. The minimum absolute atomic E-state index is 0.00142. The third-order valence-electron chi connectivity index (χ3n) is 3.43. The van der Waals surface area contributed by atoms with Gasteiger partial charge in [-0.2, -0.15) is 0 Å². The lowest BCUT2D eigenvalue weighted by Crippen LogP contribution is -2.42. The van der Waals surface area contributed by atoms with Crippen LogP contribution >= 0.6 is 0 Å². The summed E-state index contributed by atoms with van der Waals surface area (Å²) in [7, 11) is 1.62. The number of amides is 1. The van der Waals surface area contributed by atoms with Gasteiger partial charge in [0.15, 0.2) is 0 Å². The first-order valence-corrected chi connectivity index (χ1v) is 6.86. The molecule has 1 atom stereocenters. The summed E-state index contributed by atoms with van der Waals surface area (Å²) in [5.74, 6) is -0.124. The first-order valence-electron chi connectivity index (χ1n) is 6.86. The van der Waals surface area contributed by atoms with Gasteiger partial charge in [-0.25, -0.2) is 0 Å². The van der Waals surface area contributed by atoms with Crippen LogP contribution in [0.5, 0.6) is 5.75 Å². The lowest BCUT2D eigenvalue weighted by molar-refractivity contribution is 0.0678. The Morgan fingerprint density at radius 2 is 2.45 bits per heavy atom. The Bertz CT molecular complexity index is 447. The molecule has 2 rings (SSSR count). The molecule has 20 heavy (non-hydrogen) atoms. The van der Waals surface area contributed by atoms with Crippen molar-refractivity contribution in [2.24, 2.45) is 0 Å². The SMILES string of the molecule is COCCN(CC1CCCN1)C(=O)c1cncc(O)c1. The van der Waals surface area contributed by atoms with E-state index in [1.54, 1.807) is 12.0 Å². The Hall–Kier alpha value is -1.66. The summed E-state index contributed by atoms with van der Waals surface area (Å²) in [6.07, 6.45) is 5.01. The third-order valence-corrected chi connectivity index (χ3v) is 3.43. The predicted octanol–water partition coefficient (Wildman–Crippen LogP) is 0.628. The number of nitrogens with zero attached hydrogens (tertiary/aromatic N) is 2. The molecular formula is C14H21N3O3. The minimum atomic E-state index is -0.126. The van der Waals surface area contributed by atoms with Crippen LogP contribution in [0, 0.1) is 0 Å². The molecule has 1 amide bonds. The molecule has 1 aliphatic heterocycles. The predicted molar refractivity (Wildman–Crippen MR) is 74.7 cm³/mol. The van der Waals surface area contributed by atoms with Crippen molar-refractivity contribution >= 4 is 5.91 Å². The molecule has 6 nitrogen and oxygen atoms in total. The van der Waals surface area contributed by atoms with E-state index in [1.807, 2.05) is 0 Å². The lowest BCUT2D eigenvalue weighted by Gasteiger charge is -2.25. The van der Waals surface area contributed by atoms with Crippen molar-refractivity contribution in [3.63, 3.8) is 0 Å². The monoisotopic (exact) mass is 279 g/mol. The second-order valence-electron chi connectivity index (χ2n) is 4.97. The van der Waals surface area contributed by atoms with Crippen molar-refractivity contribution in [2.75, 3.05) is 33.4 Å². The fourth-order valence-electron chi connectivity index (χ4n) is 2.38. The van der Waals surface area contributed by atoms with Gasteiger partial charge >= 0.3 is 0 Å². The topological polar surface area (TPSA) is 74.7 Å².